The van der Waals surface area contributed by atoms with Gasteiger partial charge in [-0.25, -0.2) is 0 Å². The summed E-state index contributed by atoms with van der Waals surface area (Å²) in [5.74, 6) is 0.00243. The number of hydrogen-bond donors (Lipinski definition) is 0. The molecule has 0 unspecified atom stereocenters. The van der Waals surface area contributed by atoms with Crippen molar-refractivity contribution in [1.29, 1.82) is 0 Å². The van der Waals surface area contributed by atoms with Gasteiger partial charge in [-0.2, -0.15) is 5.10 Å². The monoisotopic (exact) mass is 332 g/mol. The van der Waals surface area contributed by atoms with E-state index in [9.17, 15) is 4.79 Å². The van der Waals surface area contributed by atoms with E-state index in [1.807, 2.05) is 47.0 Å². The molecule has 0 saturated carbocycles. The molecule has 0 aliphatic carbocycles. The van der Waals surface area contributed by atoms with Crippen LogP contribution in [-0.2, 0) is 19.9 Å². The Kier molecular flexibility index (Phi) is 4.06. The van der Waals surface area contributed by atoms with Crippen LogP contribution in [0.3, 0.4) is 0 Å². The first-order chi connectivity index (χ1) is 12.2. The number of hydrogen-bond acceptors (Lipinski definition) is 3. The van der Waals surface area contributed by atoms with Crippen LogP contribution in [0, 0.1) is 0 Å². The highest BCUT2D eigenvalue weighted by atomic mass is 16.2. The van der Waals surface area contributed by atoms with E-state index in [0.717, 1.165) is 24.1 Å². The van der Waals surface area contributed by atoms with Gasteiger partial charge in [-0.05, 0) is 18.6 Å². The number of aromatic nitrogens is 3. The number of rotatable bonds is 2. The molecule has 1 amide bonds. The lowest BCUT2D eigenvalue weighted by atomic mass is 10.0. The van der Waals surface area contributed by atoms with Gasteiger partial charge in [-0.1, -0.05) is 36.4 Å². The fraction of sp³-hybridized carbons (Fsp3) is 0.250. The molecule has 1 aliphatic heterocycles. The smallest absolute Gasteiger partial charge is 0.272 e. The molecular formula is C20H20N4O. The van der Waals surface area contributed by atoms with Crippen molar-refractivity contribution < 1.29 is 4.79 Å². The first kappa shape index (κ1) is 15.6. The number of carbonyl (C=O) groups excluding carboxylic acids is 1. The molecule has 0 spiro atoms. The van der Waals surface area contributed by atoms with Crippen LogP contribution in [0.4, 0.5) is 0 Å². The summed E-state index contributed by atoms with van der Waals surface area (Å²) in [4.78, 5) is 18.8. The second-order valence-corrected chi connectivity index (χ2v) is 6.27. The number of benzene rings is 1. The standard InChI is InChI=1S/C20H20N4O/c1-23-18-11-14-24(20(25)17-9-5-6-12-21-17)13-10-16(18)19(22-23)15-7-3-2-4-8-15/h2-9,12H,10-11,13-14H2,1H3. The van der Waals surface area contributed by atoms with Crippen molar-refractivity contribution in [3.05, 3.63) is 71.7 Å². The van der Waals surface area contributed by atoms with Crippen LogP contribution in [0.15, 0.2) is 54.7 Å². The zero-order valence-electron chi connectivity index (χ0n) is 14.2. The normalized spacial score (nSPS) is 14.0. The van der Waals surface area contributed by atoms with E-state index >= 15 is 0 Å². The topological polar surface area (TPSA) is 51.0 Å². The Bertz CT molecular complexity index is 887. The molecule has 5 nitrogen and oxygen atoms in total. The Balaban J connectivity index is 1.62. The van der Waals surface area contributed by atoms with Crippen molar-refractivity contribution in [3.8, 4) is 11.3 Å². The van der Waals surface area contributed by atoms with Crippen molar-refractivity contribution in [3.63, 3.8) is 0 Å². The van der Waals surface area contributed by atoms with Crippen LogP contribution in [0.5, 0.6) is 0 Å². The summed E-state index contributed by atoms with van der Waals surface area (Å²) in [6.45, 7) is 1.38. The Morgan fingerprint density at radius 2 is 1.76 bits per heavy atom. The van der Waals surface area contributed by atoms with Gasteiger partial charge >= 0.3 is 0 Å². The highest BCUT2D eigenvalue weighted by Gasteiger charge is 2.25. The summed E-state index contributed by atoms with van der Waals surface area (Å²) in [7, 11) is 1.99. The second kappa shape index (κ2) is 6.51. The molecule has 126 valence electrons. The van der Waals surface area contributed by atoms with Gasteiger partial charge < -0.3 is 4.90 Å². The van der Waals surface area contributed by atoms with Crippen LogP contribution < -0.4 is 0 Å². The van der Waals surface area contributed by atoms with Gasteiger partial charge in [-0.15, -0.1) is 0 Å². The lowest BCUT2D eigenvalue weighted by molar-refractivity contribution is 0.0756. The summed E-state index contributed by atoms with van der Waals surface area (Å²) < 4.78 is 1.96. The van der Waals surface area contributed by atoms with Crippen LogP contribution in [0.2, 0.25) is 0 Å². The molecule has 3 heterocycles. The molecule has 5 heteroatoms. The molecule has 2 aromatic heterocycles. The van der Waals surface area contributed by atoms with E-state index in [-0.39, 0.29) is 5.91 Å². The average molecular weight is 332 g/mol. The van der Waals surface area contributed by atoms with E-state index < -0.39 is 0 Å². The Morgan fingerprint density at radius 3 is 2.52 bits per heavy atom. The Hall–Kier alpha value is -2.95. The first-order valence-corrected chi connectivity index (χ1v) is 8.54. The molecule has 4 rings (SSSR count). The third kappa shape index (κ3) is 2.93. The van der Waals surface area contributed by atoms with E-state index in [2.05, 4.69) is 17.1 Å². The van der Waals surface area contributed by atoms with Gasteiger partial charge in [-0.3, -0.25) is 14.5 Å². The van der Waals surface area contributed by atoms with Crippen LogP contribution in [0.25, 0.3) is 11.3 Å². The third-order valence-corrected chi connectivity index (χ3v) is 4.74. The first-order valence-electron chi connectivity index (χ1n) is 8.54. The minimum Gasteiger partial charge on any atom is -0.337 e. The van der Waals surface area contributed by atoms with E-state index in [1.54, 1.807) is 12.3 Å². The van der Waals surface area contributed by atoms with Crippen molar-refractivity contribution in [2.75, 3.05) is 13.1 Å². The van der Waals surface area contributed by atoms with Crippen LogP contribution in [0.1, 0.15) is 21.7 Å². The van der Waals surface area contributed by atoms with Gasteiger partial charge in [0.15, 0.2) is 0 Å². The van der Waals surface area contributed by atoms with E-state index in [1.165, 1.54) is 11.3 Å². The van der Waals surface area contributed by atoms with Gasteiger partial charge in [0.1, 0.15) is 5.69 Å². The van der Waals surface area contributed by atoms with Crippen molar-refractivity contribution in [2.45, 2.75) is 12.8 Å². The Labute approximate surface area is 146 Å². The maximum Gasteiger partial charge on any atom is 0.272 e. The molecule has 0 saturated heterocycles. The average Bonchev–Trinajstić information content (AvgIpc) is 2.84. The third-order valence-electron chi connectivity index (χ3n) is 4.74. The minimum atomic E-state index is 0.00243. The largest absolute Gasteiger partial charge is 0.337 e. The number of carbonyl (C=O) groups is 1. The lowest BCUT2D eigenvalue weighted by Crippen LogP contribution is -2.34. The van der Waals surface area contributed by atoms with Crippen molar-refractivity contribution in [2.24, 2.45) is 7.05 Å². The molecule has 25 heavy (non-hydrogen) atoms. The quantitative estimate of drug-likeness (QED) is 0.725. The molecule has 1 aliphatic rings. The summed E-state index contributed by atoms with van der Waals surface area (Å²) >= 11 is 0. The molecule has 0 bridgehead atoms. The maximum absolute atomic E-state index is 12.7. The molecule has 0 fully saturated rings. The summed E-state index contributed by atoms with van der Waals surface area (Å²) in [5, 5.41) is 4.73. The van der Waals surface area contributed by atoms with Crippen LogP contribution >= 0.6 is 0 Å². The maximum atomic E-state index is 12.7. The number of fused-ring (bicyclic) bond motifs is 1. The van der Waals surface area contributed by atoms with Crippen molar-refractivity contribution in [1.82, 2.24) is 19.7 Å². The summed E-state index contributed by atoms with van der Waals surface area (Å²) in [6, 6.07) is 15.7. The van der Waals surface area contributed by atoms with Gasteiger partial charge in [0.25, 0.3) is 5.91 Å². The number of pyridine rings is 1. The molecule has 0 radical (unpaired) electrons. The summed E-state index contributed by atoms with van der Waals surface area (Å²) in [6.07, 6.45) is 3.29. The number of amides is 1. The van der Waals surface area contributed by atoms with Crippen molar-refractivity contribution >= 4 is 5.91 Å². The molecule has 1 aromatic carbocycles. The van der Waals surface area contributed by atoms with Gasteiger partial charge in [0.2, 0.25) is 0 Å². The second-order valence-electron chi connectivity index (χ2n) is 6.27. The SMILES string of the molecule is Cn1nc(-c2ccccc2)c2c1CCN(C(=O)c1ccccn1)CC2. The zero-order chi connectivity index (χ0) is 17.2. The zero-order valence-corrected chi connectivity index (χ0v) is 14.2. The number of aryl methyl sites for hydroxylation is 1. The van der Waals surface area contributed by atoms with Gasteiger partial charge in [0.05, 0.1) is 5.69 Å². The molecule has 0 atom stereocenters. The summed E-state index contributed by atoms with van der Waals surface area (Å²) in [5.41, 5.74) is 5.14. The van der Waals surface area contributed by atoms with Gasteiger partial charge in [0, 0.05) is 49.6 Å². The fourth-order valence-corrected chi connectivity index (χ4v) is 3.46. The fourth-order valence-electron chi connectivity index (χ4n) is 3.46. The van der Waals surface area contributed by atoms with Crippen LogP contribution in [-0.4, -0.2) is 38.7 Å². The Morgan fingerprint density at radius 1 is 1.00 bits per heavy atom. The minimum absolute atomic E-state index is 0.00243. The van der Waals surface area contributed by atoms with E-state index in [0.29, 0.717) is 18.8 Å². The van der Waals surface area contributed by atoms with E-state index in [4.69, 9.17) is 5.10 Å². The number of nitrogens with zero attached hydrogens (tertiary/aromatic N) is 4. The molecule has 3 aromatic rings. The molecular weight excluding hydrogens is 312 g/mol. The predicted octanol–water partition coefficient (Wildman–Crippen LogP) is 2.72. The highest BCUT2D eigenvalue weighted by Crippen LogP contribution is 2.28. The molecule has 0 N–H and O–H groups in total. The highest BCUT2D eigenvalue weighted by molar-refractivity contribution is 5.92. The predicted molar refractivity (Wildman–Crippen MR) is 96.2 cm³/mol. The lowest BCUT2D eigenvalue weighted by Gasteiger charge is -2.19.